The van der Waals surface area contributed by atoms with Gasteiger partial charge in [0.15, 0.2) is 0 Å². The van der Waals surface area contributed by atoms with E-state index < -0.39 is 16.8 Å². The van der Waals surface area contributed by atoms with Gasteiger partial charge in [0.1, 0.15) is 0 Å². The van der Waals surface area contributed by atoms with E-state index in [1.54, 1.807) is 0 Å². The van der Waals surface area contributed by atoms with Crippen molar-refractivity contribution in [3.05, 3.63) is 71.8 Å². The predicted molar refractivity (Wildman–Crippen MR) is 108 cm³/mol. The molecular formula is C24H27NO3. The Balaban J connectivity index is 1.57. The van der Waals surface area contributed by atoms with Gasteiger partial charge in [-0.1, -0.05) is 73.5 Å². The standard InChI is InChI=1S/C24H27NO3/c26-21(23(13-7-8-14-23)19-9-3-1-4-10-19)25-17-15-24(16-18-25,22(27)28)20-11-5-2-6-12-20/h1-6,9-12H,7-8,13-18H2,(H,27,28). The summed E-state index contributed by atoms with van der Waals surface area (Å²) in [6.45, 7) is 0.989. The molecule has 1 saturated carbocycles. The molecule has 4 rings (SSSR count). The topological polar surface area (TPSA) is 57.6 Å². The number of piperidine rings is 1. The van der Waals surface area contributed by atoms with Crippen molar-refractivity contribution in [2.45, 2.75) is 49.4 Å². The molecule has 0 unspecified atom stereocenters. The van der Waals surface area contributed by atoms with Crippen molar-refractivity contribution in [2.75, 3.05) is 13.1 Å². The molecule has 1 N–H and O–H groups in total. The third-order valence-electron chi connectivity index (χ3n) is 6.83. The summed E-state index contributed by atoms with van der Waals surface area (Å²) in [6, 6.07) is 19.6. The first kappa shape index (κ1) is 18.7. The zero-order valence-corrected chi connectivity index (χ0v) is 16.1. The molecule has 4 heteroatoms. The fourth-order valence-corrected chi connectivity index (χ4v) is 5.14. The van der Waals surface area contributed by atoms with E-state index in [1.807, 2.05) is 53.4 Å². The molecule has 1 amide bonds. The minimum Gasteiger partial charge on any atom is -0.481 e. The first-order valence-corrected chi connectivity index (χ1v) is 10.2. The van der Waals surface area contributed by atoms with Gasteiger partial charge in [0.2, 0.25) is 5.91 Å². The summed E-state index contributed by atoms with van der Waals surface area (Å²) in [5.41, 5.74) is 0.620. The van der Waals surface area contributed by atoms with Crippen molar-refractivity contribution in [2.24, 2.45) is 0 Å². The number of hydrogen-bond acceptors (Lipinski definition) is 2. The Kier molecular flexibility index (Phi) is 4.96. The van der Waals surface area contributed by atoms with Crippen molar-refractivity contribution in [3.8, 4) is 0 Å². The average molecular weight is 377 g/mol. The maximum atomic E-state index is 13.6. The molecule has 0 aromatic heterocycles. The summed E-state index contributed by atoms with van der Waals surface area (Å²) in [6.07, 6.45) is 4.82. The molecule has 4 nitrogen and oxygen atoms in total. The first-order valence-electron chi connectivity index (χ1n) is 10.2. The third kappa shape index (κ3) is 3.01. The number of aliphatic carboxylic acids is 1. The number of carbonyl (C=O) groups is 2. The van der Waals surface area contributed by atoms with E-state index in [4.69, 9.17) is 0 Å². The second kappa shape index (κ2) is 7.42. The van der Waals surface area contributed by atoms with Crippen LogP contribution >= 0.6 is 0 Å². The van der Waals surface area contributed by atoms with Crippen LogP contribution in [0, 0.1) is 0 Å². The van der Waals surface area contributed by atoms with Gasteiger partial charge in [-0.05, 0) is 36.8 Å². The summed E-state index contributed by atoms with van der Waals surface area (Å²) >= 11 is 0. The van der Waals surface area contributed by atoms with Crippen LogP contribution in [0.1, 0.15) is 49.7 Å². The molecular weight excluding hydrogens is 350 g/mol. The number of nitrogens with zero attached hydrogens (tertiary/aromatic N) is 1. The van der Waals surface area contributed by atoms with E-state index in [-0.39, 0.29) is 5.91 Å². The Morgan fingerprint density at radius 2 is 1.18 bits per heavy atom. The minimum absolute atomic E-state index is 0.184. The predicted octanol–water partition coefficient (Wildman–Crippen LogP) is 4.14. The highest BCUT2D eigenvalue weighted by molar-refractivity contribution is 5.89. The summed E-state index contributed by atoms with van der Waals surface area (Å²) < 4.78 is 0. The monoisotopic (exact) mass is 377 g/mol. The van der Waals surface area contributed by atoms with Crippen LogP contribution in [0.4, 0.5) is 0 Å². The summed E-state index contributed by atoms with van der Waals surface area (Å²) in [5, 5.41) is 10.0. The van der Waals surface area contributed by atoms with E-state index in [2.05, 4.69) is 12.1 Å². The van der Waals surface area contributed by atoms with Crippen LogP contribution in [0.5, 0.6) is 0 Å². The summed E-state index contributed by atoms with van der Waals surface area (Å²) in [5.74, 6) is -0.604. The van der Waals surface area contributed by atoms with Crippen LogP contribution in [0.15, 0.2) is 60.7 Å². The molecule has 1 aliphatic carbocycles. The SMILES string of the molecule is O=C(O)C1(c2ccccc2)CCN(C(=O)C2(c3ccccc3)CCCC2)CC1. The van der Waals surface area contributed by atoms with Crippen LogP contribution in [-0.2, 0) is 20.4 Å². The lowest BCUT2D eigenvalue weighted by molar-refractivity contribution is -0.149. The van der Waals surface area contributed by atoms with Crippen LogP contribution in [0.2, 0.25) is 0 Å². The molecule has 2 aromatic carbocycles. The van der Waals surface area contributed by atoms with E-state index in [1.165, 1.54) is 0 Å². The smallest absolute Gasteiger partial charge is 0.314 e. The van der Waals surface area contributed by atoms with Gasteiger partial charge in [-0.25, -0.2) is 0 Å². The lowest BCUT2D eigenvalue weighted by Crippen LogP contribution is -2.53. The highest BCUT2D eigenvalue weighted by Crippen LogP contribution is 2.44. The second-order valence-electron chi connectivity index (χ2n) is 8.20. The molecule has 0 radical (unpaired) electrons. The molecule has 0 bridgehead atoms. The number of benzene rings is 2. The maximum Gasteiger partial charge on any atom is 0.314 e. The molecule has 2 aliphatic rings. The Labute approximate surface area is 166 Å². The van der Waals surface area contributed by atoms with Crippen molar-refractivity contribution >= 4 is 11.9 Å². The number of amides is 1. The van der Waals surface area contributed by atoms with Crippen molar-refractivity contribution in [1.29, 1.82) is 0 Å². The number of rotatable bonds is 4. The minimum atomic E-state index is -0.895. The second-order valence-corrected chi connectivity index (χ2v) is 8.20. The fraction of sp³-hybridized carbons (Fsp3) is 0.417. The zero-order chi connectivity index (χ0) is 19.6. The van der Waals surface area contributed by atoms with Gasteiger partial charge < -0.3 is 10.0 Å². The molecule has 2 aromatic rings. The van der Waals surface area contributed by atoms with Gasteiger partial charge in [-0.2, -0.15) is 0 Å². The molecule has 1 heterocycles. The normalized spacial score (nSPS) is 20.6. The molecule has 0 spiro atoms. The van der Waals surface area contributed by atoms with Gasteiger partial charge >= 0.3 is 5.97 Å². The van der Waals surface area contributed by atoms with Crippen molar-refractivity contribution in [1.82, 2.24) is 4.90 Å². The van der Waals surface area contributed by atoms with Crippen LogP contribution in [0.3, 0.4) is 0 Å². The van der Waals surface area contributed by atoms with Crippen LogP contribution in [0.25, 0.3) is 0 Å². The number of hydrogen-bond donors (Lipinski definition) is 1. The highest BCUT2D eigenvalue weighted by atomic mass is 16.4. The Morgan fingerprint density at radius 1 is 0.714 bits per heavy atom. The quantitative estimate of drug-likeness (QED) is 0.871. The van der Waals surface area contributed by atoms with Crippen molar-refractivity contribution < 1.29 is 14.7 Å². The van der Waals surface area contributed by atoms with Crippen molar-refractivity contribution in [3.63, 3.8) is 0 Å². The first-order chi connectivity index (χ1) is 13.6. The van der Waals surface area contributed by atoms with Crippen LogP contribution < -0.4 is 0 Å². The average Bonchev–Trinajstić information content (AvgIpc) is 3.25. The number of carboxylic acid groups (broad SMARTS) is 1. The summed E-state index contributed by atoms with van der Waals surface area (Å²) in [7, 11) is 0. The third-order valence-corrected chi connectivity index (χ3v) is 6.83. The van der Waals surface area contributed by atoms with Gasteiger partial charge in [0, 0.05) is 13.1 Å². The Morgan fingerprint density at radius 3 is 1.64 bits per heavy atom. The number of likely N-dealkylation sites (tertiary alicyclic amines) is 1. The van der Waals surface area contributed by atoms with E-state index in [0.717, 1.165) is 36.8 Å². The molecule has 1 saturated heterocycles. The molecule has 2 fully saturated rings. The molecule has 1 aliphatic heterocycles. The van der Waals surface area contributed by atoms with Gasteiger partial charge in [-0.15, -0.1) is 0 Å². The Hall–Kier alpha value is -2.62. The van der Waals surface area contributed by atoms with Crippen LogP contribution in [-0.4, -0.2) is 35.0 Å². The largest absolute Gasteiger partial charge is 0.481 e. The highest BCUT2D eigenvalue weighted by Gasteiger charge is 2.49. The molecule has 146 valence electrons. The summed E-state index contributed by atoms with van der Waals surface area (Å²) in [4.78, 5) is 27.7. The van der Waals surface area contributed by atoms with E-state index in [0.29, 0.717) is 25.9 Å². The number of carbonyl (C=O) groups excluding carboxylic acids is 1. The zero-order valence-electron chi connectivity index (χ0n) is 16.1. The van der Waals surface area contributed by atoms with Gasteiger partial charge in [0.05, 0.1) is 10.8 Å². The Bertz CT molecular complexity index is 833. The van der Waals surface area contributed by atoms with E-state index >= 15 is 0 Å². The molecule has 0 atom stereocenters. The lowest BCUT2D eigenvalue weighted by atomic mass is 9.71. The van der Waals surface area contributed by atoms with Gasteiger partial charge in [-0.3, -0.25) is 9.59 Å². The van der Waals surface area contributed by atoms with Gasteiger partial charge in [0.25, 0.3) is 0 Å². The lowest BCUT2D eigenvalue weighted by Gasteiger charge is -2.42. The molecule has 28 heavy (non-hydrogen) atoms. The fourth-order valence-electron chi connectivity index (χ4n) is 5.14. The van der Waals surface area contributed by atoms with E-state index in [9.17, 15) is 14.7 Å². The maximum absolute atomic E-state index is 13.6. The number of carboxylic acids is 1.